The quantitative estimate of drug-likeness (QED) is 0.780. The lowest BCUT2D eigenvalue weighted by atomic mass is 10.1. The fourth-order valence-electron chi connectivity index (χ4n) is 2.66. The van der Waals surface area contributed by atoms with E-state index in [1.807, 2.05) is 29.7 Å². The molecule has 4 nitrogen and oxygen atoms in total. The van der Waals surface area contributed by atoms with Crippen LogP contribution in [0.2, 0.25) is 0 Å². The van der Waals surface area contributed by atoms with Gasteiger partial charge in [-0.05, 0) is 18.9 Å². The minimum Gasteiger partial charge on any atom is -0.463 e. The van der Waals surface area contributed by atoms with Crippen molar-refractivity contribution in [2.24, 2.45) is 0 Å². The third kappa shape index (κ3) is 2.77. The highest BCUT2D eigenvalue weighted by atomic mass is 16.3. The number of aryl methyl sites for hydroxylation is 1. The molecule has 0 aliphatic rings. The number of benzene rings is 1. The van der Waals surface area contributed by atoms with Gasteiger partial charge in [0, 0.05) is 25.2 Å². The fourth-order valence-corrected chi connectivity index (χ4v) is 2.66. The summed E-state index contributed by atoms with van der Waals surface area (Å²) >= 11 is 0. The van der Waals surface area contributed by atoms with Crippen LogP contribution in [0.4, 0.5) is 0 Å². The number of carbonyl (C=O) groups excluding carboxylic acids is 1. The first-order valence-electron chi connectivity index (χ1n) is 7.59. The van der Waals surface area contributed by atoms with Crippen LogP contribution >= 0.6 is 0 Å². The fraction of sp³-hybridized carbons (Fsp3) is 0.278. The van der Waals surface area contributed by atoms with Gasteiger partial charge in [0.15, 0.2) is 5.58 Å². The zero-order chi connectivity index (χ0) is 15.5. The van der Waals surface area contributed by atoms with Gasteiger partial charge in [0.2, 0.25) is 0 Å². The second kappa shape index (κ2) is 6.10. The lowest BCUT2D eigenvalue weighted by molar-refractivity contribution is 0.0945. The Kier molecular flexibility index (Phi) is 4.00. The molecule has 0 fully saturated rings. The van der Waals surface area contributed by atoms with Gasteiger partial charge < -0.3 is 14.3 Å². The summed E-state index contributed by atoms with van der Waals surface area (Å²) in [6.45, 7) is 5.44. The van der Waals surface area contributed by atoms with Gasteiger partial charge >= 0.3 is 0 Å². The van der Waals surface area contributed by atoms with Crippen LogP contribution in [0.25, 0.3) is 11.1 Å². The number of rotatable bonds is 5. The molecular weight excluding hydrogens is 276 g/mol. The molecule has 0 aliphatic heterocycles. The highest BCUT2D eigenvalue weighted by Gasteiger charge is 2.17. The lowest BCUT2D eigenvalue weighted by Crippen LogP contribution is -2.26. The van der Waals surface area contributed by atoms with Gasteiger partial charge in [-0.25, -0.2) is 0 Å². The number of hydrogen-bond donors (Lipinski definition) is 1. The van der Waals surface area contributed by atoms with Gasteiger partial charge in [-0.3, -0.25) is 4.79 Å². The standard InChI is InChI=1S/C18H20N2O2/c1-3-8-19-18(21)16-11-17-15(7-9-22-17)20(16)12-14-6-4-5-13(2)10-14/h4-7,9-11H,3,8,12H2,1-2H3,(H,19,21). The van der Waals surface area contributed by atoms with Gasteiger partial charge in [0.1, 0.15) is 5.69 Å². The van der Waals surface area contributed by atoms with E-state index in [4.69, 9.17) is 4.42 Å². The van der Waals surface area contributed by atoms with Crippen LogP contribution in [0.5, 0.6) is 0 Å². The molecule has 4 heteroatoms. The smallest absolute Gasteiger partial charge is 0.268 e. The number of furan rings is 1. The van der Waals surface area contributed by atoms with E-state index in [-0.39, 0.29) is 5.91 Å². The molecule has 0 unspecified atom stereocenters. The Morgan fingerprint density at radius 3 is 2.91 bits per heavy atom. The number of fused-ring (bicyclic) bond motifs is 1. The van der Waals surface area contributed by atoms with E-state index < -0.39 is 0 Å². The maximum atomic E-state index is 12.4. The summed E-state index contributed by atoms with van der Waals surface area (Å²) in [5.74, 6) is -0.0547. The van der Waals surface area contributed by atoms with Crippen molar-refractivity contribution in [2.75, 3.05) is 6.54 Å². The van der Waals surface area contributed by atoms with E-state index >= 15 is 0 Å². The number of carbonyl (C=O) groups is 1. The average Bonchev–Trinajstić information content (AvgIpc) is 3.07. The second-order valence-corrected chi connectivity index (χ2v) is 5.53. The second-order valence-electron chi connectivity index (χ2n) is 5.53. The van der Waals surface area contributed by atoms with Crippen molar-refractivity contribution in [2.45, 2.75) is 26.8 Å². The van der Waals surface area contributed by atoms with Crippen molar-refractivity contribution in [3.8, 4) is 0 Å². The van der Waals surface area contributed by atoms with Crippen molar-refractivity contribution in [1.29, 1.82) is 0 Å². The van der Waals surface area contributed by atoms with Gasteiger partial charge in [-0.15, -0.1) is 0 Å². The molecule has 0 bridgehead atoms. The first-order chi connectivity index (χ1) is 10.7. The van der Waals surface area contributed by atoms with E-state index in [9.17, 15) is 4.79 Å². The molecule has 0 radical (unpaired) electrons. The highest BCUT2D eigenvalue weighted by Crippen LogP contribution is 2.22. The van der Waals surface area contributed by atoms with E-state index in [2.05, 4.69) is 30.4 Å². The predicted octanol–water partition coefficient (Wildman–Crippen LogP) is 3.73. The lowest BCUT2D eigenvalue weighted by Gasteiger charge is -2.11. The maximum Gasteiger partial charge on any atom is 0.268 e. The molecular formula is C18H20N2O2. The Bertz CT molecular complexity index is 798. The molecule has 2 heterocycles. The van der Waals surface area contributed by atoms with Crippen molar-refractivity contribution in [3.63, 3.8) is 0 Å². The molecule has 0 saturated heterocycles. The molecule has 0 saturated carbocycles. The first kappa shape index (κ1) is 14.4. The van der Waals surface area contributed by atoms with Crippen LogP contribution in [0, 0.1) is 6.92 Å². The maximum absolute atomic E-state index is 12.4. The number of hydrogen-bond acceptors (Lipinski definition) is 2. The predicted molar refractivity (Wildman–Crippen MR) is 87.1 cm³/mol. The zero-order valence-electron chi connectivity index (χ0n) is 12.9. The molecule has 0 atom stereocenters. The van der Waals surface area contributed by atoms with E-state index in [0.717, 1.165) is 17.5 Å². The van der Waals surface area contributed by atoms with E-state index in [1.54, 1.807) is 6.26 Å². The summed E-state index contributed by atoms with van der Waals surface area (Å²) in [7, 11) is 0. The molecule has 114 valence electrons. The zero-order valence-corrected chi connectivity index (χ0v) is 12.9. The normalized spacial score (nSPS) is 11.0. The Balaban J connectivity index is 1.98. The van der Waals surface area contributed by atoms with Crippen molar-refractivity contribution in [3.05, 3.63) is 59.5 Å². The largest absolute Gasteiger partial charge is 0.463 e. The molecule has 3 aromatic rings. The van der Waals surface area contributed by atoms with Crippen molar-refractivity contribution >= 4 is 17.0 Å². The number of amides is 1. The van der Waals surface area contributed by atoms with E-state index in [1.165, 1.54) is 11.1 Å². The Morgan fingerprint density at radius 1 is 1.27 bits per heavy atom. The number of nitrogens with one attached hydrogen (secondary N) is 1. The van der Waals surface area contributed by atoms with Crippen molar-refractivity contribution in [1.82, 2.24) is 9.88 Å². The van der Waals surface area contributed by atoms with Gasteiger partial charge in [-0.1, -0.05) is 36.8 Å². The SMILES string of the molecule is CCCNC(=O)c1cc2occc2n1Cc1cccc(C)c1. The summed E-state index contributed by atoms with van der Waals surface area (Å²) < 4.78 is 7.47. The summed E-state index contributed by atoms with van der Waals surface area (Å²) in [5, 5.41) is 2.94. The van der Waals surface area contributed by atoms with Crippen LogP contribution in [-0.4, -0.2) is 17.0 Å². The summed E-state index contributed by atoms with van der Waals surface area (Å²) in [5.41, 5.74) is 4.72. The third-order valence-electron chi connectivity index (χ3n) is 3.71. The Hall–Kier alpha value is -2.49. The average molecular weight is 296 g/mol. The summed E-state index contributed by atoms with van der Waals surface area (Å²) in [6.07, 6.45) is 2.57. The molecule has 3 rings (SSSR count). The van der Waals surface area contributed by atoms with Gasteiger partial charge in [-0.2, -0.15) is 0 Å². The van der Waals surface area contributed by atoms with Crippen LogP contribution in [0.3, 0.4) is 0 Å². The first-order valence-corrected chi connectivity index (χ1v) is 7.59. The Morgan fingerprint density at radius 2 is 2.14 bits per heavy atom. The van der Waals surface area contributed by atoms with E-state index in [0.29, 0.717) is 18.8 Å². The topological polar surface area (TPSA) is 47.2 Å². The van der Waals surface area contributed by atoms with Crippen LogP contribution in [0.15, 0.2) is 47.1 Å². The molecule has 2 aromatic heterocycles. The minimum absolute atomic E-state index is 0.0547. The summed E-state index contributed by atoms with van der Waals surface area (Å²) in [4.78, 5) is 12.4. The van der Waals surface area contributed by atoms with Crippen molar-refractivity contribution < 1.29 is 9.21 Å². The van der Waals surface area contributed by atoms with Gasteiger partial charge in [0.25, 0.3) is 5.91 Å². The number of aromatic nitrogens is 1. The van der Waals surface area contributed by atoms with Gasteiger partial charge in [0.05, 0.1) is 11.8 Å². The highest BCUT2D eigenvalue weighted by molar-refractivity contribution is 5.97. The van der Waals surface area contributed by atoms with Crippen LogP contribution in [-0.2, 0) is 6.54 Å². The van der Waals surface area contributed by atoms with Crippen LogP contribution in [0.1, 0.15) is 35.0 Å². The molecule has 0 spiro atoms. The molecule has 1 N–H and O–H groups in total. The van der Waals surface area contributed by atoms with Crippen LogP contribution < -0.4 is 5.32 Å². The molecule has 22 heavy (non-hydrogen) atoms. The minimum atomic E-state index is -0.0547. The number of nitrogens with zero attached hydrogens (tertiary/aromatic N) is 1. The third-order valence-corrected chi connectivity index (χ3v) is 3.71. The Labute approximate surface area is 129 Å². The molecule has 1 amide bonds. The molecule has 1 aromatic carbocycles. The summed E-state index contributed by atoms with van der Waals surface area (Å²) in [6, 6.07) is 12.0. The molecule has 0 aliphatic carbocycles. The monoisotopic (exact) mass is 296 g/mol.